The summed E-state index contributed by atoms with van der Waals surface area (Å²) in [6, 6.07) is 5.77. The molecule has 3 aromatic rings. The van der Waals surface area contributed by atoms with Gasteiger partial charge in [0.25, 0.3) is 0 Å². The van der Waals surface area contributed by atoms with Crippen molar-refractivity contribution in [1.82, 2.24) is 15.0 Å². The summed E-state index contributed by atoms with van der Waals surface area (Å²) in [6.45, 7) is 1.80. The van der Waals surface area contributed by atoms with E-state index in [1.165, 1.54) is 7.11 Å². The van der Waals surface area contributed by atoms with Gasteiger partial charge in [-0.3, -0.25) is 4.79 Å². The lowest BCUT2D eigenvalue weighted by Crippen LogP contribution is -2.22. The number of aromatic nitrogens is 3. The van der Waals surface area contributed by atoms with Crippen LogP contribution in [0.3, 0.4) is 0 Å². The fourth-order valence-corrected chi connectivity index (χ4v) is 2.78. The number of rotatable bonds is 5. The molecule has 0 aliphatic heterocycles. The number of amides is 1. The summed E-state index contributed by atoms with van der Waals surface area (Å²) >= 11 is 6.39. The first-order valence-corrected chi connectivity index (χ1v) is 7.82. The zero-order chi connectivity index (χ0) is 17.3. The summed E-state index contributed by atoms with van der Waals surface area (Å²) in [5.74, 6) is -0.111. The molecule has 0 spiro atoms. The second-order valence-corrected chi connectivity index (χ2v) is 6.07. The molecular weight excluding hydrogens is 328 g/mol. The quantitative estimate of drug-likeness (QED) is 0.744. The summed E-state index contributed by atoms with van der Waals surface area (Å²) in [5, 5.41) is 1.55. The second-order valence-electron chi connectivity index (χ2n) is 5.67. The van der Waals surface area contributed by atoms with Crippen molar-refractivity contribution in [1.29, 1.82) is 0 Å². The van der Waals surface area contributed by atoms with Gasteiger partial charge in [0.15, 0.2) is 0 Å². The van der Waals surface area contributed by atoms with Crippen molar-refractivity contribution in [2.75, 3.05) is 7.11 Å². The average molecular weight is 345 g/mol. The molecule has 2 heterocycles. The normalized spacial score (nSPS) is 12.3. The van der Waals surface area contributed by atoms with Gasteiger partial charge >= 0.3 is 0 Å². The number of nitrogens with two attached hydrogens (primary N) is 1. The van der Waals surface area contributed by atoms with E-state index in [9.17, 15) is 4.79 Å². The van der Waals surface area contributed by atoms with Crippen LogP contribution >= 0.6 is 11.6 Å². The molecule has 3 rings (SSSR count). The van der Waals surface area contributed by atoms with Crippen LogP contribution in [0.4, 0.5) is 0 Å². The summed E-state index contributed by atoms with van der Waals surface area (Å²) in [5.41, 5.74) is 8.61. The number of halogens is 1. The monoisotopic (exact) mass is 344 g/mol. The van der Waals surface area contributed by atoms with Crippen LogP contribution in [-0.2, 0) is 11.2 Å². The zero-order valence-corrected chi connectivity index (χ0v) is 14.1. The molecule has 6 nitrogen and oxygen atoms in total. The van der Waals surface area contributed by atoms with Crippen LogP contribution in [0.2, 0.25) is 5.02 Å². The predicted molar refractivity (Wildman–Crippen MR) is 92.9 cm³/mol. The molecule has 1 aromatic carbocycles. The first-order chi connectivity index (χ1) is 11.5. The Hall–Kier alpha value is -2.60. The van der Waals surface area contributed by atoms with Gasteiger partial charge in [-0.15, -0.1) is 0 Å². The van der Waals surface area contributed by atoms with Gasteiger partial charge < -0.3 is 15.5 Å². The number of primary amides is 1. The highest BCUT2D eigenvalue weighted by molar-refractivity contribution is 6.34. The van der Waals surface area contributed by atoms with Crippen LogP contribution < -0.4 is 10.5 Å². The zero-order valence-electron chi connectivity index (χ0n) is 13.3. The van der Waals surface area contributed by atoms with E-state index in [1.54, 1.807) is 19.3 Å². The van der Waals surface area contributed by atoms with Crippen molar-refractivity contribution in [2.45, 2.75) is 13.3 Å². The standard InChI is InChI=1S/C17H17ClN4O2/c1-9(17(19)23)3-11-4-10-5-13(18)12(6-14(10)22-11)15-7-21-16(24-2)8-20-15/h4-9,22H,3H2,1-2H3,(H2,19,23). The Morgan fingerprint density at radius 3 is 2.75 bits per heavy atom. The molecule has 3 N–H and O–H groups in total. The predicted octanol–water partition coefficient (Wildman–Crippen LogP) is 2.95. The Morgan fingerprint density at radius 2 is 2.12 bits per heavy atom. The lowest BCUT2D eigenvalue weighted by atomic mass is 10.1. The number of benzene rings is 1. The Balaban J connectivity index is 1.98. The highest BCUT2D eigenvalue weighted by atomic mass is 35.5. The van der Waals surface area contributed by atoms with Gasteiger partial charge in [-0.2, -0.15) is 0 Å². The number of hydrogen-bond acceptors (Lipinski definition) is 4. The van der Waals surface area contributed by atoms with Crippen molar-refractivity contribution in [2.24, 2.45) is 11.7 Å². The number of nitrogens with one attached hydrogen (secondary N) is 1. The van der Waals surface area contributed by atoms with Gasteiger partial charge in [-0.05, 0) is 24.6 Å². The van der Waals surface area contributed by atoms with Crippen molar-refractivity contribution < 1.29 is 9.53 Å². The van der Waals surface area contributed by atoms with Crippen LogP contribution in [0.1, 0.15) is 12.6 Å². The van der Waals surface area contributed by atoms with E-state index in [4.69, 9.17) is 22.1 Å². The third-order valence-corrected chi connectivity index (χ3v) is 4.20. The number of hydrogen-bond donors (Lipinski definition) is 2. The molecule has 7 heteroatoms. The number of H-pyrrole nitrogens is 1. The van der Waals surface area contributed by atoms with E-state index >= 15 is 0 Å². The third kappa shape index (κ3) is 3.19. The molecule has 1 unspecified atom stereocenters. The van der Waals surface area contributed by atoms with E-state index in [1.807, 2.05) is 18.2 Å². The minimum atomic E-state index is -0.319. The summed E-state index contributed by atoms with van der Waals surface area (Å²) in [7, 11) is 1.54. The first-order valence-electron chi connectivity index (χ1n) is 7.44. The number of carbonyl (C=O) groups is 1. The summed E-state index contributed by atoms with van der Waals surface area (Å²) in [6.07, 6.45) is 3.72. The molecule has 0 fully saturated rings. The molecule has 0 saturated carbocycles. The molecule has 0 bridgehead atoms. The van der Waals surface area contributed by atoms with Gasteiger partial charge in [0, 0.05) is 28.1 Å². The molecule has 24 heavy (non-hydrogen) atoms. The highest BCUT2D eigenvalue weighted by Crippen LogP contribution is 2.31. The van der Waals surface area contributed by atoms with Gasteiger partial charge in [0.05, 0.1) is 30.2 Å². The molecular formula is C17H17ClN4O2. The summed E-state index contributed by atoms with van der Waals surface area (Å²) < 4.78 is 5.01. The van der Waals surface area contributed by atoms with Crippen molar-refractivity contribution in [3.8, 4) is 17.1 Å². The highest BCUT2D eigenvalue weighted by Gasteiger charge is 2.14. The minimum absolute atomic E-state index is 0.236. The SMILES string of the molecule is COc1cnc(-c2cc3[nH]c(CC(C)C(N)=O)cc3cc2Cl)cn1. The van der Waals surface area contributed by atoms with E-state index in [2.05, 4.69) is 15.0 Å². The Morgan fingerprint density at radius 1 is 1.33 bits per heavy atom. The van der Waals surface area contributed by atoms with E-state index in [0.29, 0.717) is 23.0 Å². The van der Waals surface area contributed by atoms with Crippen LogP contribution in [-0.4, -0.2) is 28.0 Å². The molecule has 0 radical (unpaired) electrons. The molecule has 1 amide bonds. The summed E-state index contributed by atoms with van der Waals surface area (Å²) in [4.78, 5) is 23.0. The topological polar surface area (TPSA) is 93.9 Å². The fourth-order valence-electron chi connectivity index (χ4n) is 2.51. The maximum Gasteiger partial charge on any atom is 0.232 e. The van der Waals surface area contributed by atoms with Crippen LogP contribution in [0.25, 0.3) is 22.2 Å². The van der Waals surface area contributed by atoms with Crippen LogP contribution in [0.15, 0.2) is 30.6 Å². The number of nitrogens with zero attached hydrogens (tertiary/aromatic N) is 2. The van der Waals surface area contributed by atoms with Crippen molar-refractivity contribution >= 4 is 28.4 Å². The van der Waals surface area contributed by atoms with Gasteiger partial charge in [-0.25, -0.2) is 9.97 Å². The maximum absolute atomic E-state index is 11.2. The molecule has 0 aliphatic rings. The maximum atomic E-state index is 11.2. The lowest BCUT2D eigenvalue weighted by Gasteiger charge is -2.05. The second kappa shape index (κ2) is 6.49. The number of fused-ring (bicyclic) bond motifs is 1. The Labute approximate surface area is 144 Å². The molecule has 124 valence electrons. The van der Waals surface area contributed by atoms with Gasteiger partial charge in [0.1, 0.15) is 0 Å². The van der Waals surface area contributed by atoms with Gasteiger partial charge in [0.2, 0.25) is 11.8 Å². The minimum Gasteiger partial charge on any atom is -0.480 e. The largest absolute Gasteiger partial charge is 0.480 e. The molecule has 2 aromatic heterocycles. The van der Waals surface area contributed by atoms with Crippen LogP contribution in [0, 0.1) is 5.92 Å². The molecule has 0 saturated heterocycles. The first kappa shape index (κ1) is 16.3. The van der Waals surface area contributed by atoms with Crippen molar-refractivity contribution in [3.63, 3.8) is 0 Å². The Kier molecular flexibility index (Phi) is 4.40. The van der Waals surface area contributed by atoms with E-state index < -0.39 is 0 Å². The molecule has 1 atom stereocenters. The van der Waals surface area contributed by atoms with Gasteiger partial charge in [-0.1, -0.05) is 18.5 Å². The lowest BCUT2D eigenvalue weighted by molar-refractivity contribution is -0.121. The number of ether oxygens (including phenoxy) is 1. The number of carbonyl (C=O) groups excluding carboxylic acids is 1. The number of aromatic amines is 1. The molecule has 0 aliphatic carbocycles. The van der Waals surface area contributed by atoms with E-state index in [-0.39, 0.29) is 11.8 Å². The number of methoxy groups -OCH3 is 1. The third-order valence-electron chi connectivity index (χ3n) is 3.89. The van der Waals surface area contributed by atoms with Crippen LogP contribution in [0.5, 0.6) is 5.88 Å². The van der Waals surface area contributed by atoms with Crippen molar-refractivity contribution in [3.05, 3.63) is 41.3 Å². The Bertz CT molecular complexity index is 889. The smallest absolute Gasteiger partial charge is 0.232 e. The van der Waals surface area contributed by atoms with E-state index in [0.717, 1.165) is 22.2 Å². The average Bonchev–Trinajstić information content (AvgIpc) is 2.95. The fraction of sp³-hybridized carbons (Fsp3) is 0.235.